The van der Waals surface area contributed by atoms with Gasteiger partial charge in [-0.2, -0.15) is 10.4 Å². The van der Waals surface area contributed by atoms with Crippen molar-refractivity contribution >= 4 is 5.91 Å². The van der Waals surface area contributed by atoms with Crippen molar-refractivity contribution in [3.63, 3.8) is 0 Å². The molecule has 0 radical (unpaired) electrons. The minimum atomic E-state index is -0.706. The molecule has 0 aliphatic heterocycles. The lowest BCUT2D eigenvalue weighted by Gasteiger charge is -2.08. The van der Waals surface area contributed by atoms with Gasteiger partial charge in [-0.3, -0.25) is 4.79 Å². The van der Waals surface area contributed by atoms with Gasteiger partial charge < -0.3 is 5.32 Å². The van der Waals surface area contributed by atoms with Crippen molar-refractivity contribution in [1.29, 1.82) is 5.26 Å². The quantitative estimate of drug-likeness (QED) is 0.418. The molecule has 4 aromatic rings. The number of hydrogen-bond donors (Lipinski definition) is 1. The van der Waals surface area contributed by atoms with Gasteiger partial charge in [-0.05, 0) is 60.2 Å². The van der Waals surface area contributed by atoms with Gasteiger partial charge in [-0.15, -0.1) is 0 Å². The van der Waals surface area contributed by atoms with Crippen LogP contribution in [0.2, 0.25) is 0 Å². The topological polar surface area (TPSA) is 70.7 Å². The van der Waals surface area contributed by atoms with E-state index >= 15 is 0 Å². The third-order valence-corrected chi connectivity index (χ3v) is 5.14. The first kappa shape index (κ1) is 22.8. The SMILES string of the molecule is N#Cc1ccc(-n2nc(CCC(=O)NCc3cc(F)cc(F)c3)cc2-c2cccc(F)c2)cc1. The Kier molecular flexibility index (Phi) is 6.74. The first-order chi connectivity index (χ1) is 16.4. The summed E-state index contributed by atoms with van der Waals surface area (Å²) in [4.78, 5) is 12.3. The van der Waals surface area contributed by atoms with Gasteiger partial charge >= 0.3 is 0 Å². The number of rotatable bonds is 7. The van der Waals surface area contributed by atoms with Crippen LogP contribution in [0.15, 0.2) is 72.8 Å². The van der Waals surface area contributed by atoms with Gasteiger partial charge in [-0.1, -0.05) is 12.1 Å². The molecule has 0 bridgehead atoms. The van der Waals surface area contributed by atoms with E-state index in [1.54, 1.807) is 47.1 Å². The maximum atomic E-state index is 13.9. The smallest absolute Gasteiger partial charge is 0.220 e. The number of nitrogens with one attached hydrogen (secondary N) is 1. The van der Waals surface area contributed by atoms with Gasteiger partial charge in [-0.25, -0.2) is 17.9 Å². The van der Waals surface area contributed by atoms with Crippen molar-refractivity contribution in [3.8, 4) is 23.0 Å². The number of carbonyl (C=O) groups is 1. The van der Waals surface area contributed by atoms with Gasteiger partial charge in [0.15, 0.2) is 0 Å². The highest BCUT2D eigenvalue weighted by Gasteiger charge is 2.14. The molecule has 5 nitrogen and oxygen atoms in total. The summed E-state index contributed by atoms with van der Waals surface area (Å²) in [5, 5.41) is 16.3. The number of halogens is 3. The molecular weight excluding hydrogens is 441 g/mol. The van der Waals surface area contributed by atoms with Gasteiger partial charge in [0.05, 0.1) is 28.7 Å². The largest absolute Gasteiger partial charge is 0.352 e. The van der Waals surface area contributed by atoms with Gasteiger partial charge in [0.25, 0.3) is 0 Å². The number of aryl methyl sites for hydroxylation is 1. The third kappa shape index (κ3) is 5.51. The Hall–Kier alpha value is -4.38. The monoisotopic (exact) mass is 460 g/mol. The van der Waals surface area contributed by atoms with E-state index in [-0.39, 0.29) is 24.7 Å². The second-order valence-electron chi connectivity index (χ2n) is 7.66. The van der Waals surface area contributed by atoms with Crippen molar-refractivity contribution in [3.05, 3.63) is 107 Å². The molecule has 0 aliphatic rings. The van der Waals surface area contributed by atoms with Crippen molar-refractivity contribution in [2.75, 3.05) is 0 Å². The maximum absolute atomic E-state index is 13.9. The zero-order chi connectivity index (χ0) is 24.1. The zero-order valence-corrected chi connectivity index (χ0v) is 17.9. The summed E-state index contributed by atoms with van der Waals surface area (Å²) in [5.74, 6) is -2.10. The molecular formula is C26H19F3N4O. The number of carbonyl (C=O) groups excluding carboxylic acids is 1. The van der Waals surface area contributed by atoms with Crippen LogP contribution in [0.3, 0.4) is 0 Å². The molecule has 0 fully saturated rings. The first-order valence-corrected chi connectivity index (χ1v) is 10.5. The van der Waals surface area contributed by atoms with E-state index in [0.29, 0.717) is 40.2 Å². The fourth-order valence-corrected chi connectivity index (χ4v) is 3.52. The Labute approximate surface area is 194 Å². The number of hydrogen-bond acceptors (Lipinski definition) is 3. The molecule has 0 spiro atoms. The van der Waals surface area contributed by atoms with Gasteiger partial charge in [0.2, 0.25) is 5.91 Å². The van der Waals surface area contributed by atoms with Crippen LogP contribution in [0, 0.1) is 28.8 Å². The highest BCUT2D eigenvalue weighted by atomic mass is 19.1. The molecule has 0 atom stereocenters. The molecule has 1 N–H and O–H groups in total. The van der Waals surface area contributed by atoms with Crippen LogP contribution in [-0.2, 0) is 17.8 Å². The molecule has 0 unspecified atom stereocenters. The van der Waals surface area contributed by atoms with Crippen molar-refractivity contribution in [2.45, 2.75) is 19.4 Å². The van der Waals surface area contributed by atoms with E-state index in [9.17, 15) is 18.0 Å². The Balaban J connectivity index is 1.51. The molecule has 0 saturated heterocycles. The van der Waals surface area contributed by atoms with Crippen molar-refractivity contribution < 1.29 is 18.0 Å². The summed E-state index contributed by atoms with van der Waals surface area (Å²) < 4.78 is 42.1. The van der Waals surface area contributed by atoms with E-state index in [1.165, 1.54) is 12.1 Å². The number of amides is 1. The van der Waals surface area contributed by atoms with Gasteiger partial charge in [0, 0.05) is 31.0 Å². The summed E-state index contributed by atoms with van der Waals surface area (Å²) in [6.07, 6.45) is 0.402. The summed E-state index contributed by atoms with van der Waals surface area (Å²) in [7, 11) is 0. The highest BCUT2D eigenvalue weighted by molar-refractivity contribution is 5.76. The average molecular weight is 460 g/mol. The second kappa shape index (κ2) is 10.0. The van der Waals surface area contributed by atoms with E-state index in [1.807, 2.05) is 0 Å². The van der Waals surface area contributed by atoms with Crippen LogP contribution in [0.5, 0.6) is 0 Å². The van der Waals surface area contributed by atoms with Crippen LogP contribution < -0.4 is 5.32 Å². The standard InChI is InChI=1S/C26H19F3N4O/c27-20-3-1-2-19(12-20)25-14-23(32-33(25)24-7-4-17(15-30)5-8-24)6-9-26(34)31-16-18-10-21(28)13-22(29)11-18/h1-5,7-8,10-14H,6,9,16H2,(H,31,34). The molecule has 34 heavy (non-hydrogen) atoms. The first-order valence-electron chi connectivity index (χ1n) is 10.5. The van der Waals surface area contributed by atoms with Crippen LogP contribution in [0.25, 0.3) is 16.9 Å². The summed E-state index contributed by atoms with van der Waals surface area (Å²) in [6.45, 7) is 0.00172. The zero-order valence-electron chi connectivity index (χ0n) is 17.9. The molecule has 1 amide bonds. The molecule has 170 valence electrons. The Bertz CT molecular complexity index is 1350. The number of benzene rings is 3. The van der Waals surface area contributed by atoms with Crippen LogP contribution in [0.1, 0.15) is 23.2 Å². The lowest BCUT2D eigenvalue weighted by molar-refractivity contribution is -0.121. The number of nitrogens with zero attached hydrogens (tertiary/aromatic N) is 3. The molecule has 0 saturated carbocycles. The van der Waals surface area contributed by atoms with Gasteiger partial charge in [0.1, 0.15) is 17.5 Å². The summed E-state index contributed by atoms with van der Waals surface area (Å²) >= 11 is 0. The van der Waals surface area contributed by atoms with Crippen molar-refractivity contribution in [2.24, 2.45) is 0 Å². The summed E-state index contributed by atoms with van der Waals surface area (Å²) in [5.41, 5.74) is 3.36. The number of aromatic nitrogens is 2. The number of nitriles is 1. The lowest BCUT2D eigenvalue weighted by atomic mass is 10.1. The van der Waals surface area contributed by atoms with E-state index in [2.05, 4.69) is 16.5 Å². The fraction of sp³-hybridized carbons (Fsp3) is 0.115. The minimum absolute atomic E-state index is 0.00172. The molecule has 3 aromatic carbocycles. The Morgan fingerprint density at radius 1 is 0.941 bits per heavy atom. The Morgan fingerprint density at radius 2 is 1.68 bits per heavy atom. The van der Waals surface area contributed by atoms with Crippen LogP contribution >= 0.6 is 0 Å². The average Bonchev–Trinajstić information content (AvgIpc) is 3.25. The predicted molar refractivity (Wildman–Crippen MR) is 120 cm³/mol. The molecule has 4 rings (SSSR count). The van der Waals surface area contributed by atoms with Crippen molar-refractivity contribution in [1.82, 2.24) is 15.1 Å². The van der Waals surface area contributed by atoms with E-state index < -0.39 is 11.6 Å². The Morgan fingerprint density at radius 3 is 2.35 bits per heavy atom. The predicted octanol–water partition coefficient (Wildman–Crippen LogP) is 5.08. The van der Waals surface area contributed by atoms with E-state index in [0.717, 1.165) is 18.2 Å². The third-order valence-electron chi connectivity index (χ3n) is 5.14. The van der Waals surface area contributed by atoms with Crippen LogP contribution in [0.4, 0.5) is 13.2 Å². The molecule has 1 aromatic heterocycles. The lowest BCUT2D eigenvalue weighted by Crippen LogP contribution is -2.23. The molecule has 1 heterocycles. The summed E-state index contributed by atoms with van der Waals surface area (Å²) in [6, 6.07) is 19.8. The highest BCUT2D eigenvalue weighted by Crippen LogP contribution is 2.25. The normalized spacial score (nSPS) is 10.6. The second-order valence-corrected chi connectivity index (χ2v) is 7.66. The van der Waals surface area contributed by atoms with Crippen LogP contribution in [-0.4, -0.2) is 15.7 Å². The molecule has 8 heteroatoms. The fourth-order valence-electron chi connectivity index (χ4n) is 3.52. The molecule has 0 aliphatic carbocycles. The maximum Gasteiger partial charge on any atom is 0.220 e. The minimum Gasteiger partial charge on any atom is -0.352 e. The van der Waals surface area contributed by atoms with E-state index in [4.69, 9.17) is 5.26 Å².